The van der Waals surface area contributed by atoms with E-state index in [1.54, 1.807) is 0 Å². The smallest absolute Gasteiger partial charge is 0.307 e. The third kappa shape index (κ3) is 2.27. The largest absolute Gasteiger partial charge is 0.326 e. The van der Waals surface area contributed by atoms with E-state index in [9.17, 15) is 4.79 Å². The molecule has 0 spiro atoms. The van der Waals surface area contributed by atoms with E-state index in [2.05, 4.69) is 23.5 Å². The number of hydrogen-bond acceptors (Lipinski definition) is 1. The first-order valence-electron chi connectivity index (χ1n) is 8.10. The summed E-state index contributed by atoms with van der Waals surface area (Å²) in [5.41, 5.74) is 6.02. The summed E-state index contributed by atoms with van der Waals surface area (Å²) in [6.45, 7) is 0.764. The SMILES string of the molecule is O=C(Nc1cccc2c1CCCC2)N1CCc2ccccc21. The number of carbonyl (C=O) groups excluding carboxylic acids is 1. The van der Waals surface area contributed by atoms with Gasteiger partial charge in [0.05, 0.1) is 0 Å². The molecule has 112 valence electrons. The van der Waals surface area contributed by atoms with E-state index in [0.717, 1.165) is 37.2 Å². The second-order valence-corrected chi connectivity index (χ2v) is 6.11. The zero-order valence-corrected chi connectivity index (χ0v) is 12.6. The number of nitrogens with zero attached hydrogens (tertiary/aromatic N) is 1. The predicted octanol–water partition coefficient (Wildman–Crippen LogP) is 4.16. The molecule has 22 heavy (non-hydrogen) atoms. The number of rotatable bonds is 1. The van der Waals surface area contributed by atoms with Crippen LogP contribution >= 0.6 is 0 Å². The summed E-state index contributed by atoms with van der Waals surface area (Å²) in [5.74, 6) is 0. The van der Waals surface area contributed by atoms with Crippen molar-refractivity contribution in [3.05, 3.63) is 59.2 Å². The van der Waals surface area contributed by atoms with Crippen molar-refractivity contribution in [1.82, 2.24) is 0 Å². The van der Waals surface area contributed by atoms with Crippen molar-refractivity contribution in [2.45, 2.75) is 32.1 Å². The van der Waals surface area contributed by atoms with E-state index in [-0.39, 0.29) is 6.03 Å². The molecule has 2 aliphatic rings. The highest BCUT2D eigenvalue weighted by atomic mass is 16.2. The molecule has 0 fully saturated rings. The first-order chi connectivity index (χ1) is 10.8. The lowest BCUT2D eigenvalue weighted by molar-refractivity contribution is 0.257. The second kappa shape index (κ2) is 5.48. The number of anilines is 2. The zero-order chi connectivity index (χ0) is 14.9. The number of benzene rings is 2. The highest BCUT2D eigenvalue weighted by Gasteiger charge is 2.25. The normalized spacial score (nSPS) is 16.1. The lowest BCUT2D eigenvalue weighted by Gasteiger charge is -2.22. The lowest BCUT2D eigenvalue weighted by atomic mass is 9.90. The minimum atomic E-state index is -0.0103. The molecule has 3 heteroatoms. The molecule has 2 aromatic rings. The van der Waals surface area contributed by atoms with Crippen molar-refractivity contribution < 1.29 is 4.79 Å². The molecule has 4 rings (SSSR count). The molecule has 0 saturated carbocycles. The van der Waals surface area contributed by atoms with Crippen molar-refractivity contribution in [2.24, 2.45) is 0 Å². The summed E-state index contributed by atoms with van der Waals surface area (Å²) in [5, 5.41) is 3.14. The molecule has 2 amide bonds. The summed E-state index contributed by atoms with van der Waals surface area (Å²) < 4.78 is 0. The van der Waals surface area contributed by atoms with Crippen molar-refractivity contribution in [1.29, 1.82) is 0 Å². The Kier molecular flexibility index (Phi) is 3.34. The Morgan fingerprint density at radius 2 is 1.73 bits per heavy atom. The van der Waals surface area contributed by atoms with Crippen molar-refractivity contribution in [3.63, 3.8) is 0 Å². The van der Waals surface area contributed by atoms with Crippen LogP contribution in [0.5, 0.6) is 0 Å². The first-order valence-corrected chi connectivity index (χ1v) is 8.10. The van der Waals surface area contributed by atoms with Gasteiger partial charge in [-0.3, -0.25) is 4.90 Å². The van der Waals surface area contributed by atoms with Gasteiger partial charge in [0.15, 0.2) is 0 Å². The maximum atomic E-state index is 12.7. The van der Waals surface area contributed by atoms with Gasteiger partial charge in [0, 0.05) is 17.9 Å². The van der Waals surface area contributed by atoms with E-state index in [1.165, 1.54) is 29.5 Å². The summed E-state index contributed by atoms with van der Waals surface area (Å²) >= 11 is 0. The van der Waals surface area contributed by atoms with Gasteiger partial charge < -0.3 is 5.32 Å². The van der Waals surface area contributed by atoms with Crippen LogP contribution in [0.4, 0.5) is 16.2 Å². The van der Waals surface area contributed by atoms with Crippen LogP contribution in [0.15, 0.2) is 42.5 Å². The molecule has 1 aliphatic heterocycles. The average Bonchev–Trinajstić information content (AvgIpc) is 2.99. The number of carbonyl (C=O) groups is 1. The zero-order valence-electron chi connectivity index (χ0n) is 12.6. The fourth-order valence-electron chi connectivity index (χ4n) is 3.63. The fraction of sp³-hybridized carbons (Fsp3) is 0.316. The van der Waals surface area contributed by atoms with E-state index < -0.39 is 0 Å². The van der Waals surface area contributed by atoms with Crippen molar-refractivity contribution >= 4 is 17.4 Å². The molecular weight excluding hydrogens is 272 g/mol. The number of hydrogen-bond donors (Lipinski definition) is 1. The quantitative estimate of drug-likeness (QED) is 0.841. The Morgan fingerprint density at radius 3 is 2.68 bits per heavy atom. The average molecular weight is 292 g/mol. The second-order valence-electron chi connectivity index (χ2n) is 6.11. The molecule has 2 aromatic carbocycles. The van der Waals surface area contributed by atoms with Crippen LogP contribution in [0.3, 0.4) is 0 Å². The molecule has 0 atom stereocenters. The standard InChI is InChI=1S/C19H20N2O/c22-19(21-13-12-15-7-2-4-11-18(15)21)20-17-10-5-8-14-6-1-3-9-16(14)17/h2,4-5,7-8,10-11H,1,3,6,9,12-13H2,(H,20,22). The molecule has 0 saturated heterocycles. The van der Waals surface area contributed by atoms with Gasteiger partial charge in [-0.2, -0.15) is 0 Å². The van der Waals surface area contributed by atoms with E-state index in [4.69, 9.17) is 0 Å². The topological polar surface area (TPSA) is 32.3 Å². The highest BCUT2D eigenvalue weighted by molar-refractivity contribution is 6.03. The molecule has 0 bridgehead atoms. The van der Waals surface area contributed by atoms with Crippen LogP contribution in [0.1, 0.15) is 29.5 Å². The van der Waals surface area contributed by atoms with Gasteiger partial charge in [0.25, 0.3) is 0 Å². The molecule has 0 aromatic heterocycles. The summed E-state index contributed by atoms with van der Waals surface area (Å²) in [4.78, 5) is 14.5. The van der Waals surface area contributed by atoms with Gasteiger partial charge in [-0.05, 0) is 60.9 Å². The fourth-order valence-corrected chi connectivity index (χ4v) is 3.63. The van der Waals surface area contributed by atoms with Crippen LogP contribution in [0.2, 0.25) is 0 Å². The summed E-state index contributed by atoms with van der Waals surface area (Å²) in [6, 6.07) is 14.4. The number of fused-ring (bicyclic) bond motifs is 2. The number of para-hydroxylation sites is 1. The molecule has 0 unspecified atom stereocenters. The predicted molar refractivity (Wildman–Crippen MR) is 89.6 cm³/mol. The number of nitrogens with one attached hydrogen (secondary N) is 1. The minimum absolute atomic E-state index is 0.0103. The third-order valence-corrected chi connectivity index (χ3v) is 4.77. The minimum Gasteiger partial charge on any atom is -0.307 e. The van der Waals surface area contributed by atoms with Gasteiger partial charge in [-0.15, -0.1) is 0 Å². The highest BCUT2D eigenvalue weighted by Crippen LogP contribution is 2.30. The maximum Gasteiger partial charge on any atom is 0.326 e. The van der Waals surface area contributed by atoms with Crippen molar-refractivity contribution in [3.8, 4) is 0 Å². The van der Waals surface area contributed by atoms with Gasteiger partial charge in [0.2, 0.25) is 0 Å². The van der Waals surface area contributed by atoms with Crippen molar-refractivity contribution in [2.75, 3.05) is 16.8 Å². The van der Waals surface area contributed by atoms with Gasteiger partial charge in [-0.25, -0.2) is 4.79 Å². The van der Waals surface area contributed by atoms with Gasteiger partial charge in [0.1, 0.15) is 0 Å². The first kappa shape index (κ1) is 13.4. The van der Waals surface area contributed by atoms with Crippen LogP contribution < -0.4 is 10.2 Å². The van der Waals surface area contributed by atoms with Crippen LogP contribution in [-0.4, -0.2) is 12.6 Å². The Labute approximate surface area is 131 Å². The van der Waals surface area contributed by atoms with E-state index in [0.29, 0.717) is 0 Å². The maximum absolute atomic E-state index is 12.7. The summed E-state index contributed by atoms with van der Waals surface area (Å²) in [6.07, 6.45) is 5.61. The van der Waals surface area contributed by atoms with Crippen LogP contribution in [0, 0.1) is 0 Å². The Balaban J connectivity index is 1.59. The molecule has 1 aliphatic carbocycles. The number of urea groups is 1. The molecule has 3 nitrogen and oxygen atoms in total. The molecule has 1 heterocycles. The molecular formula is C19H20N2O. The Hall–Kier alpha value is -2.29. The Bertz CT molecular complexity index is 723. The third-order valence-electron chi connectivity index (χ3n) is 4.77. The summed E-state index contributed by atoms with van der Waals surface area (Å²) in [7, 11) is 0. The monoisotopic (exact) mass is 292 g/mol. The number of aryl methyl sites for hydroxylation is 1. The van der Waals surface area contributed by atoms with E-state index >= 15 is 0 Å². The van der Waals surface area contributed by atoms with Gasteiger partial charge in [-0.1, -0.05) is 30.3 Å². The number of amides is 2. The van der Waals surface area contributed by atoms with E-state index in [1.807, 2.05) is 29.2 Å². The Morgan fingerprint density at radius 1 is 0.909 bits per heavy atom. The lowest BCUT2D eigenvalue weighted by Crippen LogP contribution is -2.33. The molecule has 0 radical (unpaired) electrons. The van der Waals surface area contributed by atoms with Gasteiger partial charge >= 0.3 is 6.03 Å². The van der Waals surface area contributed by atoms with Crippen LogP contribution in [0.25, 0.3) is 0 Å². The molecule has 1 N–H and O–H groups in total. The van der Waals surface area contributed by atoms with Crippen LogP contribution in [-0.2, 0) is 19.3 Å².